The molecule has 35 heavy (non-hydrogen) atoms. The van der Waals surface area contributed by atoms with E-state index in [1.807, 2.05) is 54.6 Å². The highest BCUT2D eigenvalue weighted by Crippen LogP contribution is 2.34. The van der Waals surface area contributed by atoms with Crippen LogP contribution in [0.3, 0.4) is 0 Å². The molecule has 3 aromatic rings. The van der Waals surface area contributed by atoms with Gasteiger partial charge in [0.2, 0.25) is 0 Å². The summed E-state index contributed by atoms with van der Waals surface area (Å²) in [6, 6.07) is 16.9. The van der Waals surface area contributed by atoms with Crippen molar-refractivity contribution in [1.82, 2.24) is 9.97 Å². The van der Waals surface area contributed by atoms with Crippen molar-refractivity contribution in [2.75, 3.05) is 5.32 Å². The molecule has 2 aromatic carbocycles. The third-order valence-corrected chi connectivity index (χ3v) is 5.92. The number of carboxylic acids is 1. The van der Waals surface area contributed by atoms with Gasteiger partial charge in [-0.25, -0.2) is 19.6 Å². The summed E-state index contributed by atoms with van der Waals surface area (Å²) in [5, 5.41) is 12.0. The predicted octanol–water partition coefficient (Wildman–Crippen LogP) is 5.61. The van der Waals surface area contributed by atoms with E-state index in [-0.39, 0.29) is 12.7 Å². The van der Waals surface area contributed by atoms with Crippen LogP contribution in [0.15, 0.2) is 67.0 Å². The van der Waals surface area contributed by atoms with E-state index in [0.29, 0.717) is 23.9 Å². The molecule has 8 nitrogen and oxygen atoms in total. The van der Waals surface area contributed by atoms with Gasteiger partial charge in [0, 0.05) is 5.56 Å². The van der Waals surface area contributed by atoms with Crippen LogP contribution in [0.25, 0.3) is 11.4 Å². The van der Waals surface area contributed by atoms with Crippen molar-refractivity contribution in [2.45, 2.75) is 51.4 Å². The van der Waals surface area contributed by atoms with Crippen LogP contribution >= 0.6 is 0 Å². The number of amides is 1. The number of aliphatic carboxylic acids is 1. The third kappa shape index (κ3) is 7.35. The fourth-order valence-electron chi connectivity index (χ4n) is 3.66. The van der Waals surface area contributed by atoms with Gasteiger partial charge in [0.15, 0.2) is 11.9 Å². The summed E-state index contributed by atoms with van der Waals surface area (Å²) in [7, 11) is 0. The van der Waals surface area contributed by atoms with Crippen LogP contribution in [-0.2, 0) is 20.9 Å². The number of carboxylic acid groups (broad SMARTS) is 1. The third-order valence-electron chi connectivity index (χ3n) is 5.92. The van der Waals surface area contributed by atoms with Crippen LogP contribution in [0.2, 0.25) is 0 Å². The van der Waals surface area contributed by atoms with Gasteiger partial charge >= 0.3 is 12.1 Å². The Morgan fingerprint density at radius 2 is 1.74 bits per heavy atom. The first-order valence-corrected chi connectivity index (χ1v) is 11.8. The molecule has 0 radical (unpaired) electrons. The van der Waals surface area contributed by atoms with E-state index in [1.165, 1.54) is 25.2 Å². The Balaban J connectivity index is 1.27. The van der Waals surface area contributed by atoms with E-state index in [9.17, 15) is 14.7 Å². The minimum absolute atomic E-state index is 0.231. The Bertz CT molecular complexity index is 1120. The zero-order valence-corrected chi connectivity index (χ0v) is 19.6. The summed E-state index contributed by atoms with van der Waals surface area (Å²) < 4.78 is 11.0. The minimum atomic E-state index is -0.914. The maximum atomic E-state index is 12.2. The average Bonchev–Trinajstić information content (AvgIpc) is 3.70. The molecule has 2 N–H and O–H groups in total. The van der Waals surface area contributed by atoms with E-state index in [0.717, 1.165) is 23.1 Å². The number of aromatic nitrogens is 2. The highest BCUT2D eigenvalue weighted by atomic mass is 16.6. The molecule has 4 rings (SSSR count). The van der Waals surface area contributed by atoms with Gasteiger partial charge in [0.25, 0.3) is 0 Å². The van der Waals surface area contributed by atoms with Gasteiger partial charge in [-0.1, -0.05) is 67.4 Å². The first-order chi connectivity index (χ1) is 17.0. The Labute approximate surface area is 204 Å². The number of nitrogens with zero attached hydrogens (tertiary/aromatic N) is 2. The zero-order valence-electron chi connectivity index (χ0n) is 19.6. The molecular formula is C27H29N3O5. The Morgan fingerprint density at radius 1 is 1.06 bits per heavy atom. The summed E-state index contributed by atoms with van der Waals surface area (Å²) in [6.45, 7) is 2.04. The Hall–Kier alpha value is -3.78. The second-order valence-electron chi connectivity index (χ2n) is 8.73. The number of nitrogens with one attached hydrogen (secondary N) is 1. The normalized spacial score (nSPS) is 14.7. The lowest BCUT2D eigenvalue weighted by Gasteiger charge is -2.14. The number of anilines is 1. The molecule has 1 aliphatic rings. The lowest BCUT2D eigenvalue weighted by Crippen LogP contribution is -2.23. The first-order valence-electron chi connectivity index (χ1n) is 11.8. The molecule has 0 bridgehead atoms. The minimum Gasteiger partial charge on any atom is -0.479 e. The number of carbonyl (C=O) groups is 2. The SMILES string of the molecule is CC(OC(=O)Nc1cnc(-c2ccc(COC(CCC3CC3)C(=O)O)cc2)nc1)c1ccccc1. The zero-order chi connectivity index (χ0) is 24.6. The summed E-state index contributed by atoms with van der Waals surface area (Å²) in [5.41, 5.74) is 3.00. The van der Waals surface area contributed by atoms with Crippen molar-refractivity contribution in [2.24, 2.45) is 5.92 Å². The molecule has 0 spiro atoms. The van der Waals surface area contributed by atoms with Crippen molar-refractivity contribution in [3.8, 4) is 11.4 Å². The van der Waals surface area contributed by atoms with Crippen LogP contribution in [0.5, 0.6) is 0 Å². The van der Waals surface area contributed by atoms with Gasteiger partial charge in [-0.05, 0) is 36.8 Å². The number of hydrogen-bond acceptors (Lipinski definition) is 6. The van der Waals surface area contributed by atoms with Crippen LogP contribution in [0.1, 0.15) is 49.8 Å². The topological polar surface area (TPSA) is 111 Å². The number of carbonyl (C=O) groups excluding carboxylic acids is 1. The molecule has 1 saturated carbocycles. The Kier molecular flexibility index (Phi) is 8.05. The number of hydrogen-bond donors (Lipinski definition) is 2. The first kappa shape index (κ1) is 24.3. The summed E-state index contributed by atoms with van der Waals surface area (Å²) in [5.74, 6) is 0.259. The summed E-state index contributed by atoms with van der Waals surface area (Å²) in [4.78, 5) is 32.3. The average molecular weight is 476 g/mol. The van der Waals surface area contributed by atoms with E-state index in [4.69, 9.17) is 9.47 Å². The molecule has 1 amide bonds. The van der Waals surface area contributed by atoms with E-state index < -0.39 is 18.2 Å². The number of ether oxygens (including phenoxy) is 2. The fourth-order valence-corrected chi connectivity index (χ4v) is 3.66. The van der Waals surface area contributed by atoms with Crippen molar-refractivity contribution in [1.29, 1.82) is 0 Å². The molecule has 1 aliphatic carbocycles. The molecule has 2 unspecified atom stereocenters. The highest BCUT2D eigenvalue weighted by Gasteiger charge is 2.25. The quantitative estimate of drug-likeness (QED) is 0.371. The van der Waals surface area contributed by atoms with E-state index in [1.54, 1.807) is 6.92 Å². The summed E-state index contributed by atoms with van der Waals surface area (Å²) in [6.07, 6.45) is 5.14. The molecular weight excluding hydrogens is 446 g/mol. The molecule has 1 fully saturated rings. The second kappa shape index (κ2) is 11.6. The lowest BCUT2D eigenvalue weighted by atomic mass is 10.1. The van der Waals surface area contributed by atoms with Gasteiger partial charge < -0.3 is 14.6 Å². The highest BCUT2D eigenvalue weighted by molar-refractivity contribution is 5.84. The standard InChI is InChI=1S/C27H29N3O5/c1-18(21-5-3-2-4-6-21)35-27(33)30-23-15-28-25(29-16-23)22-12-9-20(10-13-22)17-34-24(26(31)32)14-11-19-7-8-19/h2-6,9-10,12-13,15-16,18-19,24H,7-8,11,14,17H2,1H3,(H,30,33)(H,31,32). The molecule has 8 heteroatoms. The van der Waals surface area contributed by atoms with Gasteiger partial charge in [0.1, 0.15) is 6.10 Å². The molecule has 2 atom stereocenters. The van der Waals surface area contributed by atoms with E-state index in [2.05, 4.69) is 15.3 Å². The monoisotopic (exact) mass is 475 g/mol. The number of benzene rings is 2. The van der Waals surface area contributed by atoms with Gasteiger partial charge in [-0.15, -0.1) is 0 Å². The van der Waals surface area contributed by atoms with Crippen molar-refractivity contribution in [3.05, 3.63) is 78.1 Å². The van der Waals surface area contributed by atoms with Gasteiger partial charge in [0.05, 0.1) is 24.7 Å². The van der Waals surface area contributed by atoms with E-state index >= 15 is 0 Å². The van der Waals surface area contributed by atoms with Crippen LogP contribution in [-0.4, -0.2) is 33.2 Å². The van der Waals surface area contributed by atoms with Crippen LogP contribution in [0.4, 0.5) is 10.5 Å². The maximum absolute atomic E-state index is 12.2. The fraction of sp³-hybridized carbons (Fsp3) is 0.333. The maximum Gasteiger partial charge on any atom is 0.412 e. The molecule has 182 valence electrons. The lowest BCUT2D eigenvalue weighted by molar-refractivity contribution is -0.151. The Morgan fingerprint density at radius 3 is 2.37 bits per heavy atom. The number of rotatable bonds is 11. The van der Waals surface area contributed by atoms with Gasteiger partial charge in [-0.2, -0.15) is 0 Å². The molecule has 0 saturated heterocycles. The molecule has 1 aromatic heterocycles. The molecule has 0 aliphatic heterocycles. The molecule has 1 heterocycles. The van der Waals surface area contributed by atoms with Crippen LogP contribution < -0.4 is 5.32 Å². The van der Waals surface area contributed by atoms with Gasteiger partial charge in [-0.3, -0.25) is 5.32 Å². The second-order valence-corrected chi connectivity index (χ2v) is 8.73. The van der Waals surface area contributed by atoms with Crippen molar-refractivity contribution in [3.63, 3.8) is 0 Å². The largest absolute Gasteiger partial charge is 0.479 e. The predicted molar refractivity (Wildman–Crippen MR) is 131 cm³/mol. The smallest absolute Gasteiger partial charge is 0.412 e. The van der Waals surface area contributed by atoms with Crippen LogP contribution in [0, 0.1) is 5.92 Å². The summed E-state index contributed by atoms with van der Waals surface area (Å²) >= 11 is 0. The van der Waals surface area contributed by atoms with Crippen molar-refractivity contribution >= 4 is 17.7 Å². The van der Waals surface area contributed by atoms with Crippen molar-refractivity contribution < 1.29 is 24.2 Å².